The number of hydrogen-bond acceptors (Lipinski definition) is 3. The summed E-state index contributed by atoms with van der Waals surface area (Å²) in [7, 11) is 1.67. The molecule has 0 bridgehead atoms. The summed E-state index contributed by atoms with van der Waals surface area (Å²) in [5, 5.41) is 9.29. The van der Waals surface area contributed by atoms with E-state index in [-0.39, 0.29) is 12.1 Å². The van der Waals surface area contributed by atoms with Gasteiger partial charge in [-0.1, -0.05) is 0 Å². The fourth-order valence-corrected chi connectivity index (χ4v) is 2.22. The lowest BCUT2D eigenvalue weighted by molar-refractivity contribution is -0.147. The number of amides is 2. The van der Waals surface area contributed by atoms with Gasteiger partial charge in [0.05, 0.1) is 12.7 Å². The van der Waals surface area contributed by atoms with Crippen molar-refractivity contribution in [2.24, 2.45) is 0 Å². The van der Waals surface area contributed by atoms with Crippen LogP contribution >= 0.6 is 0 Å². The van der Waals surface area contributed by atoms with Gasteiger partial charge in [0, 0.05) is 20.1 Å². The minimum absolute atomic E-state index is 0.125. The van der Waals surface area contributed by atoms with Crippen LogP contribution in [0.1, 0.15) is 33.6 Å². The molecular weight excluding hydrogens is 248 g/mol. The molecule has 6 heteroatoms. The number of hydrogen-bond donors (Lipinski definition) is 1. The third kappa shape index (κ3) is 3.59. The Morgan fingerprint density at radius 1 is 1.47 bits per heavy atom. The number of urea groups is 1. The maximum Gasteiger partial charge on any atom is 0.329 e. The maximum absolute atomic E-state index is 12.3. The molecule has 1 fully saturated rings. The van der Waals surface area contributed by atoms with E-state index in [9.17, 15) is 14.7 Å². The Kier molecular flexibility index (Phi) is 5.17. The minimum Gasteiger partial charge on any atom is -0.480 e. The third-order valence-corrected chi connectivity index (χ3v) is 3.54. The van der Waals surface area contributed by atoms with Gasteiger partial charge in [0.25, 0.3) is 0 Å². The van der Waals surface area contributed by atoms with Gasteiger partial charge in [0.2, 0.25) is 0 Å². The molecule has 110 valence electrons. The highest BCUT2D eigenvalue weighted by Crippen LogP contribution is 2.30. The number of ether oxygens (including phenoxy) is 1. The Morgan fingerprint density at radius 3 is 2.63 bits per heavy atom. The lowest BCUT2D eigenvalue weighted by atomic mass is 10.00. The van der Waals surface area contributed by atoms with Gasteiger partial charge < -0.3 is 19.6 Å². The second-order valence-electron chi connectivity index (χ2n) is 5.46. The quantitative estimate of drug-likeness (QED) is 0.821. The average molecular weight is 272 g/mol. The molecule has 1 aliphatic rings. The van der Waals surface area contributed by atoms with E-state index >= 15 is 0 Å². The molecule has 1 aliphatic heterocycles. The van der Waals surface area contributed by atoms with Crippen LogP contribution in [0.2, 0.25) is 0 Å². The highest BCUT2D eigenvalue weighted by Gasteiger charge is 2.46. The highest BCUT2D eigenvalue weighted by molar-refractivity contribution is 5.86. The number of likely N-dealkylation sites (N-methyl/N-ethyl adjacent to an activating group) is 1. The van der Waals surface area contributed by atoms with E-state index in [0.29, 0.717) is 26.1 Å². The molecule has 0 aromatic carbocycles. The van der Waals surface area contributed by atoms with Crippen molar-refractivity contribution >= 4 is 12.0 Å². The molecule has 1 saturated heterocycles. The van der Waals surface area contributed by atoms with Gasteiger partial charge in [-0.3, -0.25) is 0 Å². The van der Waals surface area contributed by atoms with E-state index in [4.69, 9.17) is 4.74 Å². The summed E-state index contributed by atoms with van der Waals surface area (Å²) >= 11 is 0. The van der Waals surface area contributed by atoms with Gasteiger partial charge in [0.1, 0.15) is 5.54 Å². The molecule has 1 unspecified atom stereocenters. The van der Waals surface area contributed by atoms with E-state index in [2.05, 4.69) is 0 Å². The lowest BCUT2D eigenvalue weighted by Gasteiger charge is -2.34. The fraction of sp³-hybridized carbons (Fsp3) is 0.846. The zero-order chi connectivity index (χ0) is 14.6. The van der Waals surface area contributed by atoms with Gasteiger partial charge >= 0.3 is 12.0 Å². The number of rotatable bonds is 5. The van der Waals surface area contributed by atoms with Crippen LogP contribution in [0.25, 0.3) is 0 Å². The highest BCUT2D eigenvalue weighted by atomic mass is 16.5. The molecule has 1 heterocycles. The molecule has 2 amide bonds. The molecule has 0 saturated carbocycles. The molecule has 0 spiro atoms. The van der Waals surface area contributed by atoms with Crippen LogP contribution in [-0.4, -0.2) is 65.3 Å². The second kappa shape index (κ2) is 6.23. The van der Waals surface area contributed by atoms with Crippen LogP contribution in [0.4, 0.5) is 4.79 Å². The molecule has 1 rings (SSSR count). The predicted octanol–water partition coefficient (Wildman–Crippen LogP) is 1.40. The summed E-state index contributed by atoms with van der Waals surface area (Å²) in [6.45, 7) is 6.89. The third-order valence-electron chi connectivity index (χ3n) is 3.54. The Hall–Kier alpha value is -1.30. The number of nitrogens with zero attached hydrogens (tertiary/aromatic N) is 2. The van der Waals surface area contributed by atoms with Gasteiger partial charge in [-0.05, 0) is 33.6 Å². The number of carbonyl (C=O) groups is 2. The molecule has 0 aliphatic carbocycles. The van der Waals surface area contributed by atoms with Crippen molar-refractivity contribution in [3.8, 4) is 0 Å². The van der Waals surface area contributed by atoms with Crippen molar-refractivity contribution in [3.63, 3.8) is 0 Å². The normalized spacial score (nSPS) is 22.9. The van der Waals surface area contributed by atoms with Crippen LogP contribution in [0.5, 0.6) is 0 Å². The van der Waals surface area contributed by atoms with Gasteiger partial charge in [-0.15, -0.1) is 0 Å². The van der Waals surface area contributed by atoms with E-state index in [1.807, 2.05) is 13.8 Å². The standard InChI is InChI=1S/C13H24N2O4/c1-10(2)19-9-8-14(4)12(18)15-7-5-6-13(15,3)11(16)17/h10H,5-9H2,1-4H3,(H,16,17). The predicted molar refractivity (Wildman–Crippen MR) is 71.1 cm³/mol. The second-order valence-corrected chi connectivity index (χ2v) is 5.46. The van der Waals surface area contributed by atoms with E-state index in [1.165, 1.54) is 9.80 Å². The fourth-order valence-electron chi connectivity index (χ4n) is 2.22. The molecule has 19 heavy (non-hydrogen) atoms. The molecule has 1 atom stereocenters. The summed E-state index contributed by atoms with van der Waals surface area (Å²) in [6, 6.07) is -0.241. The van der Waals surface area contributed by atoms with Crippen molar-refractivity contribution in [3.05, 3.63) is 0 Å². The summed E-state index contributed by atoms with van der Waals surface area (Å²) in [6.07, 6.45) is 1.36. The van der Waals surface area contributed by atoms with E-state index < -0.39 is 11.5 Å². The number of likely N-dealkylation sites (tertiary alicyclic amines) is 1. The number of carbonyl (C=O) groups excluding carboxylic acids is 1. The Balaban J connectivity index is 2.59. The summed E-state index contributed by atoms with van der Waals surface area (Å²) < 4.78 is 5.40. The first kappa shape index (κ1) is 15.8. The zero-order valence-electron chi connectivity index (χ0n) is 12.2. The van der Waals surface area contributed by atoms with Crippen LogP contribution in [-0.2, 0) is 9.53 Å². The number of carboxylic acids is 1. The first-order valence-electron chi connectivity index (χ1n) is 6.66. The van der Waals surface area contributed by atoms with E-state index in [1.54, 1.807) is 14.0 Å². The Morgan fingerprint density at radius 2 is 2.11 bits per heavy atom. The molecule has 1 N–H and O–H groups in total. The Labute approximate surface area is 114 Å². The molecule has 0 aromatic heterocycles. The van der Waals surface area contributed by atoms with Crippen LogP contribution in [0, 0.1) is 0 Å². The van der Waals surface area contributed by atoms with Crippen molar-refractivity contribution < 1.29 is 19.4 Å². The van der Waals surface area contributed by atoms with Crippen molar-refractivity contribution in [1.82, 2.24) is 9.80 Å². The van der Waals surface area contributed by atoms with Crippen molar-refractivity contribution in [2.75, 3.05) is 26.7 Å². The molecule has 0 radical (unpaired) electrons. The Bertz CT molecular complexity index is 346. The van der Waals surface area contributed by atoms with Crippen LogP contribution in [0.3, 0.4) is 0 Å². The largest absolute Gasteiger partial charge is 0.480 e. The average Bonchev–Trinajstić information content (AvgIpc) is 2.71. The minimum atomic E-state index is -1.08. The summed E-state index contributed by atoms with van der Waals surface area (Å²) in [4.78, 5) is 26.6. The zero-order valence-corrected chi connectivity index (χ0v) is 12.2. The van der Waals surface area contributed by atoms with Gasteiger partial charge in [-0.25, -0.2) is 9.59 Å². The van der Waals surface area contributed by atoms with Crippen molar-refractivity contribution in [1.29, 1.82) is 0 Å². The first-order valence-corrected chi connectivity index (χ1v) is 6.66. The summed E-state index contributed by atoms with van der Waals surface area (Å²) in [5.41, 5.74) is -1.08. The van der Waals surface area contributed by atoms with Gasteiger partial charge in [-0.2, -0.15) is 0 Å². The number of aliphatic carboxylic acids is 1. The SMILES string of the molecule is CC(C)OCCN(C)C(=O)N1CCCC1(C)C(=O)O. The molecule has 0 aromatic rings. The first-order chi connectivity index (χ1) is 8.79. The monoisotopic (exact) mass is 272 g/mol. The smallest absolute Gasteiger partial charge is 0.329 e. The maximum atomic E-state index is 12.3. The molecular formula is C13H24N2O4. The topological polar surface area (TPSA) is 70.1 Å². The number of carboxylic acid groups (broad SMARTS) is 1. The summed E-state index contributed by atoms with van der Waals surface area (Å²) in [5.74, 6) is -0.940. The van der Waals surface area contributed by atoms with Gasteiger partial charge in [0.15, 0.2) is 0 Å². The van der Waals surface area contributed by atoms with Crippen LogP contribution < -0.4 is 0 Å². The molecule has 6 nitrogen and oxygen atoms in total. The van der Waals surface area contributed by atoms with Crippen molar-refractivity contribution in [2.45, 2.75) is 45.3 Å². The van der Waals surface area contributed by atoms with Crippen LogP contribution in [0.15, 0.2) is 0 Å². The van der Waals surface area contributed by atoms with E-state index in [0.717, 1.165) is 6.42 Å². The lowest BCUT2D eigenvalue weighted by Crippen LogP contribution is -2.54.